The van der Waals surface area contributed by atoms with E-state index in [0.717, 1.165) is 55.7 Å². The van der Waals surface area contributed by atoms with Crippen molar-refractivity contribution in [2.75, 3.05) is 6.54 Å². The van der Waals surface area contributed by atoms with Crippen LogP contribution in [0.2, 0.25) is 0 Å². The summed E-state index contributed by atoms with van der Waals surface area (Å²) in [5, 5.41) is 9.17. The van der Waals surface area contributed by atoms with Gasteiger partial charge in [0, 0.05) is 6.54 Å². The highest BCUT2D eigenvalue weighted by atomic mass is 16.5. The zero-order valence-corrected chi connectivity index (χ0v) is 15.9. The van der Waals surface area contributed by atoms with Gasteiger partial charge in [-0.25, -0.2) is 5.43 Å². The molecule has 148 valence electrons. The Kier molecular flexibility index (Phi) is 5.88. The monoisotopic (exact) mass is 381 g/mol. The number of nitrogens with one attached hydrogen (secondary N) is 2. The second kappa shape index (κ2) is 8.71. The number of aliphatic carboxylic acids is 1. The minimum atomic E-state index is -0.653. The molecule has 1 aliphatic carbocycles. The van der Waals surface area contributed by atoms with E-state index in [1.165, 1.54) is 5.56 Å². The van der Waals surface area contributed by atoms with Gasteiger partial charge in [-0.05, 0) is 61.3 Å². The lowest BCUT2D eigenvalue weighted by Crippen LogP contribution is -2.25. The fraction of sp³-hybridized carbons (Fsp3) is 0.455. The number of ether oxygens (including phenoxy) is 1. The average Bonchev–Trinajstić information content (AvgIpc) is 3.28. The number of hydrogen-bond donors (Lipinski definition) is 3. The molecule has 1 unspecified atom stereocenters. The van der Waals surface area contributed by atoms with Crippen LogP contribution in [0, 0.1) is 5.92 Å². The number of nitrogens with zero attached hydrogens (tertiary/aromatic N) is 1. The Morgan fingerprint density at radius 2 is 2.00 bits per heavy atom. The second-order valence-corrected chi connectivity index (χ2v) is 7.75. The van der Waals surface area contributed by atoms with E-state index in [1.54, 1.807) is 6.20 Å². The van der Waals surface area contributed by atoms with Crippen molar-refractivity contribution < 1.29 is 14.6 Å². The van der Waals surface area contributed by atoms with Gasteiger partial charge in [0.15, 0.2) is 0 Å². The molecule has 0 bridgehead atoms. The Hall–Kier alpha value is -2.44. The van der Waals surface area contributed by atoms with Gasteiger partial charge < -0.3 is 9.84 Å². The zero-order chi connectivity index (χ0) is 19.3. The van der Waals surface area contributed by atoms with Gasteiger partial charge in [0.05, 0.1) is 23.9 Å². The molecule has 1 aromatic carbocycles. The fourth-order valence-corrected chi connectivity index (χ4v) is 4.17. The lowest BCUT2D eigenvalue weighted by Gasteiger charge is -2.26. The third kappa shape index (κ3) is 4.51. The highest BCUT2D eigenvalue weighted by molar-refractivity contribution is 5.70. The Bertz CT molecular complexity index is 795. The van der Waals surface area contributed by atoms with Gasteiger partial charge in [0.2, 0.25) is 0 Å². The van der Waals surface area contributed by atoms with Crippen molar-refractivity contribution in [3.05, 3.63) is 59.4 Å². The number of carbonyl (C=O) groups is 1. The number of carboxylic acids is 1. The molecule has 1 atom stereocenters. The number of aromatic nitrogens is 1. The van der Waals surface area contributed by atoms with Crippen LogP contribution in [0.4, 0.5) is 0 Å². The highest BCUT2D eigenvalue weighted by Gasteiger charge is 2.26. The molecule has 1 aromatic heterocycles. The molecule has 0 amide bonds. The van der Waals surface area contributed by atoms with Crippen LogP contribution in [-0.4, -0.2) is 22.6 Å². The normalized spacial score (nSPS) is 24.8. The molecule has 0 spiro atoms. The molecule has 1 aliphatic heterocycles. The quantitative estimate of drug-likeness (QED) is 0.710. The van der Waals surface area contributed by atoms with Crippen molar-refractivity contribution in [3.8, 4) is 5.75 Å². The van der Waals surface area contributed by atoms with Gasteiger partial charge in [0.25, 0.3) is 0 Å². The van der Waals surface area contributed by atoms with Crippen molar-refractivity contribution in [3.63, 3.8) is 0 Å². The number of carboxylic acid groups (broad SMARTS) is 1. The van der Waals surface area contributed by atoms with Crippen LogP contribution in [-0.2, 0) is 11.4 Å². The van der Waals surface area contributed by atoms with E-state index in [-0.39, 0.29) is 12.0 Å². The van der Waals surface area contributed by atoms with Gasteiger partial charge in [0.1, 0.15) is 12.4 Å². The van der Waals surface area contributed by atoms with Gasteiger partial charge >= 0.3 is 5.97 Å². The van der Waals surface area contributed by atoms with Crippen LogP contribution >= 0.6 is 0 Å². The molecular weight excluding hydrogens is 354 g/mol. The maximum atomic E-state index is 11.1. The summed E-state index contributed by atoms with van der Waals surface area (Å²) in [6.07, 6.45) is 6.24. The lowest BCUT2D eigenvalue weighted by molar-refractivity contribution is -0.142. The van der Waals surface area contributed by atoms with E-state index < -0.39 is 5.97 Å². The first kappa shape index (κ1) is 18.9. The van der Waals surface area contributed by atoms with Crippen LogP contribution in [0.5, 0.6) is 5.75 Å². The smallest absolute Gasteiger partial charge is 0.306 e. The van der Waals surface area contributed by atoms with Crippen LogP contribution < -0.4 is 15.6 Å². The largest absolute Gasteiger partial charge is 0.487 e. The van der Waals surface area contributed by atoms with E-state index >= 15 is 0 Å². The molecule has 2 heterocycles. The second-order valence-electron chi connectivity index (χ2n) is 7.75. The van der Waals surface area contributed by atoms with Crippen molar-refractivity contribution in [2.45, 2.75) is 50.7 Å². The first-order valence-electron chi connectivity index (χ1n) is 10.1. The number of hydrazine groups is 1. The molecule has 4 rings (SSSR count). The number of pyridine rings is 1. The molecule has 6 heteroatoms. The molecule has 28 heavy (non-hydrogen) atoms. The van der Waals surface area contributed by atoms with Crippen LogP contribution in [0.25, 0.3) is 0 Å². The van der Waals surface area contributed by atoms with E-state index in [4.69, 9.17) is 9.84 Å². The van der Waals surface area contributed by atoms with Gasteiger partial charge in [-0.3, -0.25) is 15.2 Å². The van der Waals surface area contributed by atoms with Crippen molar-refractivity contribution >= 4 is 5.97 Å². The fourth-order valence-electron chi connectivity index (χ4n) is 4.17. The Morgan fingerprint density at radius 3 is 2.68 bits per heavy atom. The molecule has 2 aromatic rings. The number of rotatable bonds is 6. The summed E-state index contributed by atoms with van der Waals surface area (Å²) >= 11 is 0. The highest BCUT2D eigenvalue weighted by Crippen LogP contribution is 2.36. The number of hydrogen-bond acceptors (Lipinski definition) is 5. The maximum absolute atomic E-state index is 11.1. The summed E-state index contributed by atoms with van der Waals surface area (Å²) in [5.41, 5.74) is 9.78. The predicted molar refractivity (Wildman–Crippen MR) is 106 cm³/mol. The van der Waals surface area contributed by atoms with E-state index in [0.29, 0.717) is 12.5 Å². The lowest BCUT2D eigenvalue weighted by atomic mass is 9.78. The Balaban J connectivity index is 1.33. The topological polar surface area (TPSA) is 83.5 Å². The summed E-state index contributed by atoms with van der Waals surface area (Å²) in [6.45, 7) is 1.46. The van der Waals surface area contributed by atoms with Crippen LogP contribution in [0.1, 0.15) is 60.9 Å². The third-order valence-corrected chi connectivity index (χ3v) is 5.85. The molecule has 2 fully saturated rings. The van der Waals surface area contributed by atoms with E-state index in [2.05, 4.69) is 40.1 Å². The number of benzene rings is 1. The first-order chi connectivity index (χ1) is 13.7. The van der Waals surface area contributed by atoms with E-state index in [9.17, 15) is 4.79 Å². The van der Waals surface area contributed by atoms with Crippen molar-refractivity contribution in [2.24, 2.45) is 5.92 Å². The average molecular weight is 381 g/mol. The van der Waals surface area contributed by atoms with E-state index in [1.807, 2.05) is 12.1 Å². The Labute approximate surface area is 165 Å². The summed E-state index contributed by atoms with van der Waals surface area (Å²) in [6, 6.07) is 12.7. The van der Waals surface area contributed by atoms with Crippen LogP contribution in [0.15, 0.2) is 42.6 Å². The summed E-state index contributed by atoms with van der Waals surface area (Å²) in [7, 11) is 0. The van der Waals surface area contributed by atoms with Crippen molar-refractivity contribution in [1.82, 2.24) is 15.8 Å². The standard InChI is InChI=1S/C22H27N3O3/c26-22(27)17-6-4-16(5-7-17)18-3-1-2-15(12-18)14-28-19-8-9-20(23-13-19)21-10-11-24-25-21/h1-3,8-9,12-13,16-17,21,24-25H,4-7,10-11,14H2,(H,26,27). The SMILES string of the molecule is O=C(O)C1CCC(c2cccc(COc3ccc(C4CCNN4)nc3)c2)CC1. The summed E-state index contributed by atoms with van der Waals surface area (Å²) in [5.74, 6) is 0.389. The zero-order valence-electron chi connectivity index (χ0n) is 15.9. The molecule has 3 N–H and O–H groups in total. The Morgan fingerprint density at radius 1 is 1.14 bits per heavy atom. The van der Waals surface area contributed by atoms with Gasteiger partial charge in [-0.1, -0.05) is 24.3 Å². The van der Waals surface area contributed by atoms with Gasteiger partial charge in [-0.2, -0.15) is 0 Å². The first-order valence-corrected chi connectivity index (χ1v) is 10.1. The molecule has 2 aliphatic rings. The molecular formula is C22H27N3O3. The molecule has 0 radical (unpaired) electrons. The molecule has 1 saturated heterocycles. The maximum Gasteiger partial charge on any atom is 0.306 e. The predicted octanol–water partition coefficient (Wildman–Crippen LogP) is 3.56. The minimum Gasteiger partial charge on any atom is -0.487 e. The third-order valence-electron chi connectivity index (χ3n) is 5.85. The van der Waals surface area contributed by atoms with Crippen molar-refractivity contribution in [1.29, 1.82) is 0 Å². The minimum absolute atomic E-state index is 0.173. The van der Waals surface area contributed by atoms with Crippen LogP contribution in [0.3, 0.4) is 0 Å². The summed E-state index contributed by atoms with van der Waals surface area (Å²) < 4.78 is 5.92. The summed E-state index contributed by atoms with van der Waals surface area (Å²) in [4.78, 5) is 15.6. The van der Waals surface area contributed by atoms with Gasteiger partial charge in [-0.15, -0.1) is 0 Å². The molecule has 1 saturated carbocycles. The molecule has 6 nitrogen and oxygen atoms in total.